The number of carboxylic acids is 1. The molecule has 0 spiro atoms. The smallest absolute Gasteiger partial charge is 0.335 e. The number of thioether (sulfide) groups is 1. The second kappa shape index (κ2) is 11.7. The number of aromatic nitrogens is 3. The molecule has 0 aliphatic rings. The minimum Gasteiger partial charge on any atom is -0.478 e. The molecule has 0 fully saturated rings. The molecule has 0 radical (unpaired) electrons. The summed E-state index contributed by atoms with van der Waals surface area (Å²) in [5, 5.41) is 24.1. The molecule has 2 amide bonds. The third kappa shape index (κ3) is 6.69. The van der Waals surface area contributed by atoms with Crippen LogP contribution >= 0.6 is 11.8 Å². The number of carbonyl (C=O) groups is 3. The van der Waals surface area contributed by atoms with Gasteiger partial charge < -0.3 is 20.3 Å². The van der Waals surface area contributed by atoms with Crippen molar-refractivity contribution >= 4 is 35.2 Å². The Morgan fingerprint density at radius 2 is 1.77 bits per heavy atom. The van der Waals surface area contributed by atoms with E-state index in [4.69, 9.17) is 5.11 Å². The Bertz CT molecular complexity index is 1210. The van der Waals surface area contributed by atoms with E-state index in [1.54, 1.807) is 24.3 Å². The molecule has 10 heteroatoms. The summed E-state index contributed by atoms with van der Waals surface area (Å²) in [6.07, 6.45) is 0. The van der Waals surface area contributed by atoms with E-state index >= 15 is 0 Å². The number of nitrogens with one attached hydrogen (secondary N) is 2. The predicted octanol–water partition coefficient (Wildman–Crippen LogP) is 4.16. The molecule has 9 nitrogen and oxygen atoms in total. The van der Waals surface area contributed by atoms with Crippen LogP contribution in [0.25, 0.3) is 0 Å². The van der Waals surface area contributed by atoms with Crippen molar-refractivity contribution in [1.82, 2.24) is 20.1 Å². The number of aryl methyl sites for hydroxylation is 1. The van der Waals surface area contributed by atoms with Crippen LogP contribution in [0.3, 0.4) is 0 Å². The summed E-state index contributed by atoms with van der Waals surface area (Å²) < 4.78 is 1.89. The van der Waals surface area contributed by atoms with Gasteiger partial charge in [0.1, 0.15) is 0 Å². The number of anilines is 1. The molecular formula is C25H29N5O4S. The minimum absolute atomic E-state index is 0.0570. The van der Waals surface area contributed by atoms with Crippen molar-refractivity contribution < 1.29 is 19.5 Å². The number of rotatable bonds is 10. The zero-order chi connectivity index (χ0) is 25.5. The van der Waals surface area contributed by atoms with E-state index in [9.17, 15) is 14.4 Å². The Kier molecular flexibility index (Phi) is 8.64. The van der Waals surface area contributed by atoms with Crippen LogP contribution in [-0.2, 0) is 11.3 Å². The van der Waals surface area contributed by atoms with Crippen molar-refractivity contribution in [2.75, 3.05) is 11.1 Å². The molecule has 2 aromatic carbocycles. The quantitative estimate of drug-likeness (QED) is 0.361. The highest BCUT2D eigenvalue weighted by Crippen LogP contribution is 2.26. The number of aromatic carboxylic acids is 1. The number of nitrogens with zero attached hydrogens (tertiary/aromatic N) is 3. The van der Waals surface area contributed by atoms with E-state index in [1.807, 2.05) is 44.4 Å². The Balaban J connectivity index is 1.70. The summed E-state index contributed by atoms with van der Waals surface area (Å²) in [7, 11) is 0. The van der Waals surface area contributed by atoms with E-state index in [2.05, 4.69) is 20.8 Å². The number of amides is 2. The molecule has 3 aromatic rings. The van der Waals surface area contributed by atoms with Crippen LogP contribution in [0.2, 0.25) is 0 Å². The zero-order valence-electron chi connectivity index (χ0n) is 20.1. The largest absolute Gasteiger partial charge is 0.478 e. The third-order valence-electron chi connectivity index (χ3n) is 5.33. The van der Waals surface area contributed by atoms with Crippen molar-refractivity contribution in [2.24, 2.45) is 5.92 Å². The summed E-state index contributed by atoms with van der Waals surface area (Å²) in [5.41, 5.74) is 2.15. The van der Waals surface area contributed by atoms with E-state index in [-0.39, 0.29) is 35.1 Å². The second-order valence-electron chi connectivity index (χ2n) is 8.37. The summed E-state index contributed by atoms with van der Waals surface area (Å²) in [6, 6.07) is 13.1. The van der Waals surface area contributed by atoms with Gasteiger partial charge in [0.25, 0.3) is 5.91 Å². The molecule has 0 bridgehead atoms. The molecule has 1 heterocycles. The zero-order valence-corrected chi connectivity index (χ0v) is 20.9. The highest BCUT2D eigenvalue weighted by molar-refractivity contribution is 7.99. The lowest BCUT2D eigenvalue weighted by molar-refractivity contribution is -0.113. The first kappa shape index (κ1) is 26.0. The maximum absolute atomic E-state index is 12.8. The summed E-state index contributed by atoms with van der Waals surface area (Å²) in [6.45, 7) is 8.49. The van der Waals surface area contributed by atoms with Crippen molar-refractivity contribution in [3.05, 3.63) is 71.0 Å². The molecule has 0 saturated carbocycles. The fourth-order valence-electron chi connectivity index (χ4n) is 3.45. The number of carboxylic acid groups (broad SMARTS) is 1. The summed E-state index contributed by atoms with van der Waals surface area (Å²) in [4.78, 5) is 36.4. The van der Waals surface area contributed by atoms with Gasteiger partial charge in [0, 0.05) is 17.8 Å². The maximum atomic E-state index is 12.8. The molecule has 0 aliphatic heterocycles. The standard InChI is InChI=1S/C25H29N5O4S/c1-5-30-22(21(15(2)3)27-23(32)17-11-9-16(4)10-12-17)28-29-25(30)35-14-20(31)26-19-8-6-7-18(13-19)24(33)34/h6-13,15,21H,5,14H2,1-4H3,(H,26,31)(H,27,32)(H,33,34)/t21-/m1/s1. The molecule has 1 atom stereocenters. The molecular weight excluding hydrogens is 466 g/mol. The van der Waals surface area contributed by atoms with E-state index < -0.39 is 5.97 Å². The van der Waals surface area contributed by atoms with Gasteiger partial charge in [-0.1, -0.05) is 49.4 Å². The Labute approximate surface area is 208 Å². The first-order valence-electron chi connectivity index (χ1n) is 11.3. The molecule has 0 saturated heterocycles. The SMILES string of the molecule is CCn1c(SCC(=O)Nc2cccc(C(=O)O)c2)nnc1[C@H](NC(=O)c1ccc(C)cc1)C(C)C. The topological polar surface area (TPSA) is 126 Å². The lowest BCUT2D eigenvalue weighted by Crippen LogP contribution is -2.33. The molecule has 3 N–H and O–H groups in total. The Hall–Kier alpha value is -3.66. The van der Waals surface area contributed by atoms with Crippen molar-refractivity contribution in [3.63, 3.8) is 0 Å². The summed E-state index contributed by atoms with van der Waals surface area (Å²) >= 11 is 1.22. The van der Waals surface area contributed by atoms with Crippen LogP contribution in [0, 0.1) is 12.8 Å². The monoisotopic (exact) mass is 495 g/mol. The highest BCUT2D eigenvalue weighted by Gasteiger charge is 2.26. The van der Waals surface area contributed by atoms with E-state index in [0.717, 1.165) is 5.56 Å². The first-order valence-corrected chi connectivity index (χ1v) is 12.2. The molecule has 0 aliphatic carbocycles. The van der Waals surface area contributed by atoms with Crippen LogP contribution in [-0.4, -0.2) is 43.4 Å². The van der Waals surface area contributed by atoms with Gasteiger partial charge >= 0.3 is 5.97 Å². The number of hydrogen-bond donors (Lipinski definition) is 3. The maximum Gasteiger partial charge on any atom is 0.335 e. The van der Waals surface area contributed by atoms with Crippen LogP contribution in [0.4, 0.5) is 5.69 Å². The van der Waals surface area contributed by atoms with Gasteiger partial charge in [0.05, 0.1) is 17.4 Å². The van der Waals surface area contributed by atoms with Crippen LogP contribution in [0.1, 0.15) is 58.9 Å². The van der Waals surface area contributed by atoms with Gasteiger partial charge in [-0.3, -0.25) is 9.59 Å². The summed E-state index contributed by atoms with van der Waals surface area (Å²) in [5.74, 6) is -0.795. The van der Waals surface area contributed by atoms with Crippen molar-refractivity contribution in [1.29, 1.82) is 0 Å². The Morgan fingerprint density at radius 1 is 1.06 bits per heavy atom. The van der Waals surface area contributed by atoms with Crippen LogP contribution in [0.15, 0.2) is 53.7 Å². The minimum atomic E-state index is -1.06. The fraction of sp³-hybridized carbons (Fsp3) is 0.320. The van der Waals surface area contributed by atoms with Crippen LogP contribution < -0.4 is 10.6 Å². The van der Waals surface area contributed by atoms with Gasteiger partial charge in [-0.05, 0) is 50.1 Å². The normalized spacial score (nSPS) is 11.8. The second-order valence-corrected chi connectivity index (χ2v) is 9.31. The van der Waals surface area contributed by atoms with Crippen molar-refractivity contribution in [2.45, 2.75) is 45.4 Å². The number of benzene rings is 2. The lowest BCUT2D eigenvalue weighted by atomic mass is 10.0. The number of hydrogen-bond acceptors (Lipinski definition) is 6. The van der Waals surface area contributed by atoms with Gasteiger partial charge in [0.2, 0.25) is 5.91 Å². The van der Waals surface area contributed by atoms with E-state index in [1.165, 1.54) is 23.9 Å². The fourth-order valence-corrected chi connectivity index (χ4v) is 4.26. The third-order valence-corrected chi connectivity index (χ3v) is 6.30. The van der Waals surface area contributed by atoms with Gasteiger partial charge in [-0.15, -0.1) is 10.2 Å². The number of carbonyl (C=O) groups excluding carboxylic acids is 2. The molecule has 3 rings (SSSR count). The van der Waals surface area contributed by atoms with Gasteiger partial charge in [0.15, 0.2) is 11.0 Å². The lowest BCUT2D eigenvalue weighted by Gasteiger charge is -2.22. The van der Waals surface area contributed by atoms with E-state index in [0.29, 0.717) is 28.8 Å². The van der Waals surface area contributed by atoms with Crippen LogP contribution in [0.5, 0.6) is 0 Å². The first-order chi connectivity index (χ1) is 16.7. The predicted molar refractivity (Wildman–Crippen MR) is 135 cm³/mol. The highest BCUT2D eigenvalue weighted by atomic mass is 32.2. The molecule has 184 valence electrons. The van der Waals surface area contributed by atoms with Gasteiger partial charge in [-0.2, -0.15) is 0 Å². The Morgan fingerprint density at radius 3 is 2.40 bits per heavy atom. The average Bonchev–Trinajstić information content (AvgIpc) is 3.23. The molecule has 1 aromatic heterocycles. The molecule has 0 unspecified atom stereocenters. The average molecular weight is 496 g/mol. The van der Waals surface area contributed by atoms with Gasteiger partial charge in [-0.25, -0.2) is 4.79 Å². The van der Waals surface area contributed by atoms with Crippen molar-refractivity contribution in [3.8, 4) is 0 Å². The molecule has 35 heavy (non-hydrogen) atoms.